The van der Waals surface area contributed by atoms with Gasteiger partial charge in [0, 0.05) is 13.1 Å². The molecule has 4 nitrogen and oxygen atoms in total. The first kappa shape index (κ1) is 15.3. The van der Waals surface area contributed by atoms with Crippen LogP contribution in [-0.2, 0) is 6.54 Å². The average molecular weight is 262 g/mol. The molecule has 0 amide bonds. The molecule has 4 heteroatoms. The summed E-state index contributed by atoms with van der Waals surface area (Å²) in [5.41, 5.74) is 0.754. The second kappa shape index (κ2) is 7.01. The van der Waals surface area contributed by atoms with Crippen molar-refractivity contribution in [2.75, 3.05) is 20.3 Å². The van der Waals surface area contributed by atoms with Crippen LogP contribution in [0, 0.1) is 16.7 Å². The summed E-state index contributed by atoms with van der Waals surface area (Å²) >= 11 is 0. The number of hydrogen-bond donors (Lipinski definition) is 1. The third-order valence-corrected chi connectivity index (χ3v) is 2.73. The van der Waals surface area contributed by atoms with Crippen molar-refractivity contribution in [1.82, 2.24) is 5.32 Å². The molecule has 0 aliphatic carbocycles. The summed E-state index contributed by atoms with van der Waals surface area (Å²) in [6.07, 6.45) is 0. The minimum absolute atomic E-state index is 0.352. The van der Waals surface area contributed by atoms with Crippen molar-refractivity contribution in [2.45, 2.75) is 27.3 Å². The maximum Gasteiger partial charge on any atom is 0.161 e. The van der Waals surface area contributed by atoms with E-state index in [0.717, 1.165) is 17.1 Å². The highest BCUT2D eigenvalue weighted by molar-refractivity contribution is 5.42. The molecule has 0 unspecified atom stereocenters. The van der Waals surface area contributed by atoms with Gasteiger partial charge < -0.3 is 14.8 Å². The predicted octanol–water partition coefficient (Wildman–Crippen LogP) is 2.73. The first-order valence-electron chi connectivity index (χ1n) is 6.44. The number of nitrogens with zero attached hydrogens (tertiary/aromatic N) is 1. The van der Waals surface area contributed by atoms with Crippen LogP contribution in [0.4, 0.5) is 0 Å². The lowest BCUT2D eigenvalue weighted by Crippen LogP contribution is -2.27. The van der Waals surface area contributed by atoms with Gasteiger partial charge in [-0.1, -0.05) is 6.07 Å². The van der Waals surface area contributed by atoms with Crippen molar-refractivity contribution in [3.63, 3.8) is 0 Å². The predicted molar refractivity (Wildman–Crippen MR) is 75.3 cm³/mol. The molecular formula is C15H22N2O2. The van der Waals surface area contributed by atoms with Crippen molar-refractivity contribution < 1.29 is 9.47 Å². The summed E-state index contributed by atoms with van der Waals surface area (Å²) in [5, 5.41) is 12.2. The molecule has 1 aromatic rings. The third-order valence-electron chi connectivity index (χ3n) is 2.73. The molecule has 0 aromatic heterocycles. The molecule has 104 valence electrons. The molecule has 0 saturated heterocycles. The van der Waals surface area contributed by atoms with Crippen LogP contribution in [0.3, 0.4) is 0 Å². The molecule has 0 aliphatic heterocycles. The van der Waals surface area contributed by atoms with Crippen LogP contribution in [-0.4, -0.2) is 20.3 Å². The van der Waals surface area contributed by atoms with Crippen LogP contribution in [0.15, 0.2) is 18.2 Å². The van der Waals surface area contributed by atoms with E-state index in [1.54, 1.807) is 7.11 Å². The Morgan fingerprint density at radius 3 is 2.63 bits per heavy atom. The highest BCUT2D eigenvalue weighted by Crippen LogP contribution is 2.28. The molecular weight excluding hydrogens is 240 g/mol. The van der Waals surface area contributed by atoms with Gasteiger partial charge in [-0.15, -0.1) is 0 Å². The first-order valence-corrected chi connectivity index (χ1v) is 6.44. The van der Waals surface area contributed by atoms with Gasteiger partial charge in [-0.05, 0) is 38.5 Å². The van der Waals surface area contributed by atoms with Crippen LogP contribution < -0.4 is 14.8 Å². The number of nitrogens with one attached hydrogen (secondary N) is 1. The van der Waals surface area contributed by atoms with E-state index < -0.39 is 0 Å². The van der Waals surface area contributed by atoms with Gasteiger partial charge in [-0.2, -0.15) is 5.26 Å². The van der Waals surface area contributed by atoms with E-state index in [-0.39, 0.29) is 5.41 Å². The minimum atomic E-state index is -0.352. The lowest BCUT2D eigenvalue weighted by molar-refractivity contribution is 0.310. The third kappa shape index (κ3) is 4.80. The van der Waals surface area contributed by atoms with Gasteiger partial charge in [-0.25, -0.2) is 0 Å². The van der Waals surface area contributed by atoms with E-state index in [2.05, 4.69) is 11.4 Å². The van der Waals surface area contributed by atoms with Crippen LogP contribution >= 0.6 is 0 Å². The maximum absolute atomic E-state index is 8.94. The van der Waals surface area contributed by atoms with Gasteiger partial charge in [0.15, 0.2) is 11.5 Å². The normalized spacial score (nSPS) is 10.9. The highest BCUT2D eigenvalue weighted by Gasteiger charge is 2.15. The van der Waals surface area contributed by atoms with E-state index in [9.17, 15) is 0 Å². The number of benzene rings is 1. The van der Waals surface area contributed by atoms with Gasteiger partial charge in [0.05, 0.1) is 25.2 Å². The Labute approximate surface area is 115 Å². The fourth-order valence-electron chi connectivity index (χ4n) is 1.66. The largest absolute Gasteiger partial charge is 0.493 e. The van der Waals surface area contributed by atoms with Crippen molar-refractivity contribution in [3.05, 3.63) is 23.8 Å². The fraction of sp³-hybridized carbons (Fsp3) is 0.533. The molecule has 0 atom stereocenters. The number of rotatable bonds is 7. The molecule has 0 heterocycles. The summed E-state index contributed by atoms with van der Waals surface area (Å²) in [4.78, 5) is 0. The summed E-state index contributed by atoms with van der Waals surface area (Å²) in [7, 11) is 1.63. The Balaban J connectivity index is 2.63. The molecule has 1 N–H and O–H groups in total. The molecule has 0 radical (unpaired) electrons. The molecule has 0 saturated carbocycles. The molecule has 0 fully saturated rings. The van der Waals surface area contributed by atoms with Crippen LogP contribution in [0.5, 0.6) is 11.5 Å². The number of hydrogen-bond acceptors (Lipinski definition) is 4. The maximum atomic E-state index is 8.94. The second-order valence-corrected chi connectivity index (χ2v) is 5.02. The monoisotopic (exact) mass is 262 g/mol. The molecule has 1 aromatic carbocycles. The van der Waals surface area contributed by atoms with Crippen molar-refractivity contribution in [2.24, 2.45) is 5.41 Å². The van der Waals surface area contributed by atoms with E-state index in [0.29, 0.717) is 19.7 Å². The molecule has 1 rings (SSSR count). The zero-order valence-electron chi connectivity index (χ0n) is 12.1. The summed E-state index contributed by atoms with van der Waals surface area (Å²) in [6, 6.07) is 8.14. The SMILES string of the molecule is CCOc1ccc(CNCC(C)(C)C#N)cc1OC. The van der Waals surface area contributed by atoms with E-state index in [1.807, 2.05) is 39.0 Å². The molecule has 0 aliphatic rings. The highest BCUT2D eigenvalue weighted by atomic mass is 16.5. The Hall–Kier alpha value is -1.73. The van der Waals surface area contributed by atoms with Crippen LogP contribution in [0.1, 0.15) is 26.3 Å². The number of nitriles is 1. The molecule has 0 spiro atoms. The average Bonchev–Trinajstić information content (AvgIpc) is 2.40. The second-order valence-electron chi connectivity index (χ2n) is 5.02. The summed E-state index contributed by atoms with van der Waals surface area (Å²) in [6.45, 7) is 7.74. The van der Waals surface area contributed by atoms with Gasteiger partial charge in [0.2, 0.25) is 0 Å². The molecule has 19 heavy (non-hydrogen) atoms. The Morgan fingerprint density at radius 2 is 2.05 bits per heavy atom. The topological polar surface area (TPSA) is 54.3 Å². The fourth-order valence-corrected chi connectivity index (χ4v) is 1.66. The van der Waals surface area contributed by atoms with E-state index in [4.69, 9.17) is 14.7 Å². The van der Waals surface area contributed by atoms with Crippen molar-refractivity contribution in [1.29, 1.82) is 5.26 Å². The summed E-state index contributed by atoms with van der Waals surface area (Å²) < 4.78 is 10.8. The summed E-state index contributed by atoms with van der Waals surface area (Å²) in [5.74, 6) is 1.49. The lowest BCUT2D eigenvalue weighted by Gasteiger charge is -2.16. The van der Waals surface area contributed by atoms with Crippen molar-refractivity contribution >= 4 is 0 Å². The first-order chi connectivity index (χ1) is 9.02. The lowest BCUT2D eigenvalue weighted by atomic mass is 9.96. The quantitative estimate of drug-likeness (QED) is 0.821. The Bertz CT molecular complexity index is 450. The Morgan fingerprint density at radius 1 is 1.32 bits per heavy atom. The van der Waals surface area contributed by atoms with E-state index >= 15 is 0 Å². The van der Waals surface area contributed by atoms with Crippen molar-refractivity contribution in [3.8, 4) is 17.6 Å². The Kier molecular flexibility index (Phi) is 5.65. The zero-order valence-corrected chi connectivity index (χ0v) is 12.1. The smallest absolute Gasteiger partial charge is 0.161 e. The van der Waals surface area contributed by atoms with Gasteiger partial charge in [0.1, 0.15) is 0 Å². The zero-order chi connectivity index (χ0) is 14.3. The van der Waals surface area contributed by atoms with Crippen LogP contribution in [0.2, 0.25) is 0 Å². The standard InChI is InChI=1S/C15H22N2O2/c1-5-19-13-7-6-12(8-14(13)18-4)9-17-11-15(2,3)10-16/h6-8,17H,5,9,11H2,1-4H3. The molecule has 0 bridgehead atoms. The van der Waals surface area contributed by atoms with Crippen LogP contribution in [0.25, 0.3) is 0 Å². The minimum Gasteiger partial charge on any atom is -0.493 e. The number of methoxy groups -OCH3 is 1. The van der Waals surface area contributed by atoms with Gasteiger partial charge in [-0.3, -0.25) is 0 Å². The van der Waals surface area contributed by atoms with Gasteiger partial charge in [0.25, 0.3) is 0 Å². The van der Waals surface area contributed by atoms with Gasteiger partial charge >= 0.3 is 0 Å². The number of ether oxygens (including phenoxy) is 2. The van der Waals surface area contributed by atoms with E-state index in [1.165, 1.54) is 0 Å².